The van der Waals surface area contributed by atoms with E-state index < -0.39 is 5.97 Å². The van der Waals surface area contributed by atoms with Crippen molar-refractivity contribution in [3.05, 3.63) is 22.2 Å². The molecule has 0 fully saturated rings. The minimum Gasteiger partial charge on any atom is -0.481 e. The van der Waals surface area contributed by atoms with Gasteiger partial charge in [-0.2, -0.15) is 0 Å². The predicted octanol–water partition coefficient (Wildman–Crippen LogP) is 2.72. The second-order valence-corrected chi connectivity index (χ2v) is 6.53. The molecule has 1 amide bonds. The van der Waals surface area contributed by atoms with Gasteiger partial charge in [-0.3, -0.25) is 9.59 Å². The highest BCUT2D eigenvalue weighted by atomic mass is 32.1. The molecule has 2 N–H and O–H groups in total. The van der Waals surface area contributed by atoms with Crippen molar-refractivity contribution in [3.63, 3.8) is 0 Å². The van der Waals surface area contributed by atoms with Crippen LogP contribution in [0.2, 0.25) is 0 Å². The fourth-order valence-corrected chi connectivity index (χ4v) is 2.65. The van der Waals surface area contributed by atoms with Gasteiger partial charge in [-0.1, -0.05) is 13.8 Å². The third kappa shape index (κ3) is 7.60. The van der Waals surface area contributed by atoms with Crippen molar-refractivity contribution in [3.8, 4) is 0 Å². The van der Waals surface area contributed by atoms with Gasteiger partial charge < -0.3 is 10.4 Å². The van der Waals surface area contributed by atoms with Crippen LogP contribution in [0.15, 0.2) is 11.5 Å². The Balaban J connectivity index is 2.45. The lowest BCUT2D eigenvalue weighted by Crippen LogP contribution is -2.29. The first kappa shape index (κ1) is 17.4. The van der Waals surface area contributed by atoms with Crippen LogP contribution in [0.1, 0.15) is 37.4 Å². The van der Waals surface area contributed by atoms with Gasteiger partial charge in [0.15, 0.2) is 0 Å². The molecule has 6 heteroatoms. The van der Waals surface area contributed by atoms with Gasteiger partial charge in [0.1, 0.15) is 0 Å². The van der Waals surface area contributed by atoms with Crippen LogP contribution in [0.5, 0.6) is 0 Å². The SMILES string of the molecule is Cc1nc(C=CC(=O)NCC(CC(=O)O)CC(C)C)cs1. The molecule has 116 valence electrons. The normalized spacial score (nSPS) is 12.8. The summed E-state index contributed by atoms with van der Waals surface area (Å²) in [5.74, 6) is -0.690. The van der Waals surface area contributed by atoms with Crippen molar-refractivity contribution in [2.24, 2.45) is 11.8 Å². The van der Waals surface area contributed by atoms with E-state index in [0.717, 1.165) is 17.1 Å². The van der Waals surface area contributed by atoms with Gasteiger partial charge in [-0.15, -0.1) is 11.3 Å². The van der Waals surface area contributed by atoms with Crippen LogP contribution in [-0.4, -0.2) is 28.5 Å². The van der Waals surface area contributed by atoms with Gasteiger partial charge in [0, 0.05) is 24.4 Å². The van der Waals surface area contributed by atoms with Gasteiger partial charge >= 0.3 is 5.97 Å². The number of nitrogens with zero attached hydrogens (tertiary/aromatic N) is 1. The number of carbonyl (C=O) groups excluding carboxylic acids is 1. The highest BCUT2D eigenvalue weighted by molar-refractivity contribution is 7.09. The highest BCUT2D eigenvalue weighted by Crippen LogP contribution is 2.14. The molecule has 5 nitrogen and oxygen atoms in total. The van der Waals surface area contributed by atoms with Crippen molar-refractivity contribution >= 4 is 29.3 Å². The van der Waals surface area contributed by atoms with E-state index in [-0.39, 0.29) is 18.2 Å². The highest BCUT2D eigenvalue weighted by Gasteiger charge is 2.15. The maximum atomic E-state index is 11.7. The Morgan fingerprint density at radius 1 is 1.48 bits per heavy atom. The zero-order chi connectivity index (χ0) is 15.8. The number of carboxylic acid groups (broad SMARTS) is 1. The zero-order valence-corrected chi connectivity index (χ0v) is 13.4. The van der Waals surface area contributed by atoms with Crippen LogP contribution in [0.25, 0.3) is 6.08 Å². The number of aliphatic carboxylic acids is 1. The maximum absolute atomic E-state index is 11.7. The second kappa shape index (κ2) is 8.56. The number of thiazole rings is 1. The number of aromatic nitrogens is 1. The number of carbonyl (C=O) groups is 2. The fourth-order valence-electron chi connectivity index (χ4n) is 2.07. The van der Waals surface area contributed by atoms with Gasteiger partial charge in [0.2, 0.25) is 5.91 Å². The Kier molecular flexibility index (Phi) is 7.08. The zero-order valence-electron chi connectivity index (χ0n) is 12.6. The summed E-state index contributed by atoms with van der Waals surface area (Å²) >= 11 is 1.53. The first-order chi connectivity index (χ1) is 9.86. The molecule has 1 atom stereocenters. The quantitative estimate of drug-likeness (QED) is 0.724. The summed E-state index contributed by atoms with van der Waals surface area (Å²) in [6.07, 6.45) is 3.95. The third-order valence-corrected chi connectivity index (χ3v) is 3.67. The molecule has 0 aromatic carbocycles. The van der Waals surface area contributed by atoms with Crippen molar-refractivity contribution in [2.45, 2.75) is 33.6 Å². The molecule has 1 aromatic heterocycles. The molecule has 1 aromatic rings. The Hall–Kier alpha value is -1.69. The minimum absolute atomic E-state index is 0.0404. The maximum Gasteiger partial charge on any atom is 0.303 e. The van der Waals surface area contributed by atoms with E-state index in [1.807, 2.05) is 26.2 Å². The van der Waals surface area contributed by atoms with E-state index in [0.29, 0.717) is 12.5 Å². The molecule has 21 heavy (non-hydrogen) atoms. The van der Waals surface area contributed by atoms with Gasteiger partial charge in [-0.25, -0.2) is 4.98 Å². The molecule has 0 saturated heterocycles. The lowest BCUT2D eigenvalue weighted by atomic mass is 9.94. The summed E-state index contributed by atoms with van der Waals surface area (Å²) in [6.45, 7) is 6.37. The Bertz CT molecular complexity index is 509. The van der Waals surface area contributed by atoms with E-state index in [1.165, 1.54) is 17.4 Å². The van der Waals surface area contributed by atoms with Crippen molar-refractivity contribution in [1.29, 1.82) is 0 Å². The topological polar surface area (TPSA) is 79.3 Å². The van der Waals surface area contributed by atoms with Crippen LogP contribution in [0.4, 0.5) is 0 Å². The van der Waals surface area contributed by atoms with Crippen LogP contribution in [-0.2, 0) is 9.59 Å². The van der Waals surface area contributed by atoms with E-state index in [4.69, 9.17) is 5.11 Å². The van der Waals surface area contributed by atoms with E-state index in [1.54, 1.807) is 6.08 Å². The van der Waals surface area contributed by atoms with Crippen molar-refractivity contribution < 1.29 is 14.7 Å². The van der Waals surface area contributed by atoms with Crippen molar-refractivity contribution in [1.82, 2.24) is 10.3 Å². The molecule has 1 rings (SSSR count). The number of hydrogen-bond donors (Lipinski definition) is 2. The second-order valence-electron chi connectivity index (χ2n) is 5.46. The largest absolute Gasteiger partial charge is 0.481 e. The lowest BCUT2D eigenvalue weighted by molar-refractivity contribution is -0.138. The number of nitrogens with one attached hydrogen (secondary N) is 1. The van der Waals surface area contributed by atoms with E-state index in [2.05, 4.69) is 10.3 Å². The lowest BCUT2D eigenvalue weighted by Gasteiger charge is -2.17. The smallest absolute Gasteiger partial charge is 0.303 e. The van der Waals surface area contributed by atoms with Gasteiger partial charge in [-0.05, 0) is 31.3 Å². The van der Waals surface area contributed by atoms with Crippen LogP contribution >= 0.6 is 11.3 Å². The molecular formula is C15H22N2O3S. The number of carboxylic acids is 1. The first-order valence-electron chi connectivity index (χ1n) is 6.96. The van der Waals surface area contributed by atoms with Crippen LogP contribution in [0, 0.1) is 18.8 Å². The number of rotatable bonds is 8. The summed E-state index contributed by atoms with van der Waals surface area (Å²) < 4.78 is 0. The standard InChI is InChI=1S/C15H22N2O3S/c1-10(2)6-12(7-15(19)20)8-16-14(18)5-4-13-9-21-11(3)17-13/h4-5,9-10,12H,6-8H2,1-3H3,(H,16,18)(H,19,20). The summed E-state index contributed by atoms with van der Waals surface area (Å²) in [4.78, 5) is 26.8. The van der Waals surface area contributed by atoms with E-state index in [9.17, 15) is 9.59 Å². The minimum atomic E-state index is -0.830. The molecular weight excluding hydrogens is 288 g/mol. The molecule has 0 bridgehead atoms. The monoisotopic (exact) mass is 310 g/mol. The van der Waals surface area contributed by atoms with Gasteiger partial charge in [0.05, 0.1) is 10.7 Å². The summed E-state index contributed by atoms with van der Waals surface area (Å²) in [5.41, 5.74) is 0.761. The fraction of sp³-hybridized carbons (Fsp3) is 0.533. The van der Waals surface area contributed by atoms with Crippen molar-refractivity contribution in [2.75, 3.05) is 6.54 Å². The molecule has 1 unspecified atom stereocenters. The average molecular weight is 310 g/mol. The van der Waals surface area contributed by atoms with E-state index >= 15 is 0 Å². The predicted molar refractivity (Wildman–Crippen MR) is 84.1 cm³/mol. The number of amides is 1. The average Bonchev–Trinajstić information content (AvgIpc) is 2.78. The molecule has 0 saturated carbocycles. The third-order valence-electron chi connectivity index (χ3n) is 2.88. The molecule has 0 aliphatic heterocycles. The Labute approximate surface area is 129 Å². The Morgan fingerprint density at radius 3 is 2.71 bits per heavy atom. The number of hydrogen-bond acceptors (Lipinski definition) is 4. The molecule has 0 spiro atoms. The van der Waals surface area contributed by atoms with Crippen LogP contribution < -0.4 is 5.32 Å². The number of aryl methyl sites for hydroxylation is 1. The molecule has 0 radical (unpaired) electrons. The summed E-state index contributed by atoms with van der Waals surface area (Å²) in [7, 11) is 0. The molecule has 0 aliphatic carbocycles. The van der Waals surface area contributed by atoms with Gasteiger partial charge in [0.25, 0.3) is 0 Å². The summed E-state index contributed by atoms with van der Waals surface area (Å²) in [5, 5.41) is 14.5. The summed E-state index contributed by atoms with van der Waals surface area (Å²) in [6, 6.07) is 0. The molecule has 0 aliphatic rings. The van der Waals surface area contributed by atoms with Crippen LogP contribution in [0.3, 0.4) is 0 Å². The Morgan fingerprint density at radius 2 is 2.19 bits per heavy atom. The molecule has 1 heterocycles. The first-order valence-corrected chi connectivity index (χ1v) is 7.84.